The third kappa shape index (κ3) is 3.26. The third-order valence-corrected chi connectivity index (χ3v) is 2.09. The fourth-order valence-corrected chi connectivity index (χ4v) is 1.42. The van der Waals surface area contributed by atoms with Gasteiger partial charge in [-0.05, 0) is 6.07 Å². The van der Waals surface area contributed by atoms with Crippen LogP contribution >= 0.6 is 0 Å². The molecule has 1 rings (SSSR count). The van der Waals surface area contributed by atoms with Crippen LogP contribution in [0, 0.1) is 0 Å². The summed E-state index contributed by atoms with van der Waals surface area (Å²) in [5, 5.41) is 0. The molecule has 0 saturated heterocycles. The van der Waals surface area contributed by atoms with Crippen molar-refractivity contribution in [2.24, 2.45) is 0 Å². The first-order valence-corrected chi connectivity index (χ1v) is 5.79. The number of anilines is 2. The fourth-order valence-electron chi connectivity index (χ4n) is 0.898. The Bertz CT molecular complexity index is 498. The van der Waals surface area contributed by atoms with Crippen LogP contribution in [0.15, 0.2) is 12.3 Å². The van der Waals surface area contributed by atoms with Crippen LogP contribution in [0.4, 0.5) is 24.7 Å². The Morgan fingerprint density at radius 3 is 2.38 bits per heavy atom. The van der Waals surface area contributed by atoms with Crippen molar-refractivity contribution in [2.75, 3.05) is 16.7 Å². The first-order valence-electron chi connectivity index (χ1n) is 3.90. The molecule has 0 atom stereocenters. The summed E-state index contributed by atoms with van der Waals surface area (Å²) in [7, 11) is -3.62. The number of aromatic nitrogens is 1. The highest BCUT2D eigenvalue weighted by atomic mass is 32.2. The Labute approximate surface area is 89.5 Å². The normalized spacial score (nSPS) is 12.5. The molecule has 0 aliphatic rings. The molecular formula is C7H8F3N3O2S. The summed E-state index contributed by atoms with van der Waals surface area (Å²) in [4.78, 5) is 3.29. The highest BCUT2D eigenvalue weighted by molar-refractivity contribution is 7.92. The molecule has 5 nitrogen and oxygen atoms in total. The van der Waals surface area contributed by atoms with Crippen LogP contribution in [0.2, 0.25) is 0 Å². The summed E-state index contributed by atoms with van der Waals surface area (Å²) >= 11 is 0. The van der Waals surface area contributed by atoms with Crippen molar-refractivity contribution in [1.82, 2.24) is 4.98 Å². The van der Waals surface area contributed by atoms with Crippen LogP contribution < -0.4 is 10.5 Å². The molecule has 1 aromatic heterocycles. The van der Waals surface area contributed by atoms with Gasteiger partial charge in [-0.1, -0.05) is 0 Å². The van der Waals surface area contributed by atoms with Crippen LogP contribution in [0.25, 0.3) is 0 Å². The van der Waals surface area contributed by atoms with E-state index in [0.717, 1.165) is 6.26 Å². The van der Waals surface area contributed by atoms with Crippen molar-refractivity contribution in [3.63, 3.8) is 0 Å². The first kappa shape index (κ1) is 12.6. The zero-order valence-electron chi connectivity index (χ0n) is 8.04. The van der Waals surface area contributed by atoms with E-state index in [1.807, 2.05) is 4.72 Å². The van der Waals surface area contributed by atoms with Crippen molar-refractivity contribution >= 4 is 21.5 Å². The highest BCUT2D eigenvalue weighted by Gasteiger charge is 2.31. The number of sulfonamides is 1. The van der Waals surface area contributed by atoms with Gasteiger partial charge in [-0.25, -0.2) is 13.4 Å². The second-order valence-electron chi connectivity index (χ2n) is 3.03. The van der Waals surface area contributed by atoms with E-state index < -0.39 is 21.8 Å². The first-order chi connectivity index (χ1) is 7.09. The van der Waals surface area contributed by atoms with Gasteiger partial charge < -0.3 is 5.73 Å². The zero-order chi connectivity index (χ0) is 12.6. The average Bonchev–Trinajstić information content (AvgIpc) is 2.04. The Morgan fingerprint density at radius 1 is 1.44 bits per heavy atom. The van der Waals surface area contributed by atoms with Crippen molar-refractivity contribution in [3.8, 4) is 0 Å². The van der Waals surface area contributed by atoms with Crippen LogP contribution in [0.5, 0.6) is 0 Å². The predicted octanol–water partition coefficient (Wildman–Crippen LogP) is 1.05. The monoisotopic (exact) mass is 255 g/mol. The van der Waals surface area contributed by atoms with Gasteiger partial charge in [0, 0.05) is 6.20 Å². The lowest BCUT2D eigenvalue weighted by Gasteiger charge is -2.10. The minimum atomic E-state index is -4.56. The van der Waals surface area contributed by atoms with E-state index in [4.69, 9.17) is 5.73 Å². The lowest BCUT2D eigenvalue weighted by Crippen LogP contribution is -2.14. The summed E-state index contributed by atoms with van der Waals surface area (Å²) in [6, 6.07) is 0.612. The quantitative estimate of drug-likeness (QED) is 0.827. The van der Waals surface area contributed by atoms with Crippen molar-refractivity contribution in [3.05, 3.63) is 17.8 Å². The molecule has 0 saturated carbocycles. The number of nitrogens with two attached hydrogens (primary N) is 1. The maximum absolute atomic E-state index is 12.2. The summed E-state index contributed by atoms with van der Waals surface area (Å²) in [5.74, 6) is -0.324. The Morgan fingerprint density at radius 2 is 2.00 bits per heavy atom. The van der Waals surface area contributed by atoms with Crippen molar-refractivity contribution in [1.29, 1.82) is 0 Å². The van der Waals surface area contributed by atoms with E-state index in [2.05, 4.69) is 4.98 Å². The lowest BCUT2D eigenvalue weighted by molar-refractivity contribution is -0.137. The van der Waals surface area contributed by atoms with E-state index in [-0.39, 0.29) is 11.5 Å². The molecule has 0 radical (unpaired) electrons. The lowest BCUT2D eigenvalue weighted by atomic mass is 10.2. The van der Waals surface area contributed by atoms with Crippen LogP contribution in [0.3, 0.4) is 0 Å². The number of hydrogen-bond donors (Lipinski definition) is 2. The number of nitrogens with zero attached hydrogens (tertiary/aromatic N) is 1. The highest BCUT2D eigenvalue weighted by Crippen LogP contribution is 2.31. The van der Waals surface area contributed by atoms with Crippen molar-refractivity contribution < 1.29 is 21.6 Å². The van der Waals surface area contributed by atoms with Gasteiger partial charge in [0.2, 0.25) is 10.0 Å². The maximum Gasteiger partial charge on any atom is 0.417 e. The Kier molecular flexibility index (Phi) is 2.99. The van der Waals surface area contributed by atoms with Gasteiger partial charge >= 0.3 is 6.18 Å². The molecule has 16 heavy (non-hydrogen) atoms. The van der Waals surface area contributed by atoms with Gasteiger partial charge in [0.1, 0.15) is 0 Å². The van der Waals surface area contributed by atoms with Gasteiger partial charge in [0.15, 0.2) is 5.82 Å². The van der Waals surface area contributed by atoms with Gasteiger partial charge in [-0.15, -0.1) is 0 Å². The zero-order valence-corrected chi connectivity index (χ0v) is 8.85. The minimum absolute atomic E-state index is 0.324. The van der Waals surface area contributed by atoms with Crippen molar-refractivity contribution in [2.45, 2.75) is 6.18 Å². The molecule has 0 fully saturated rings. The second kappa shape index (κ2) is 3.81. The van der Waals surface area contributed by atoms with E-state index in [1.54, 1.807) is 0 Å². The van der Waals surface area contributed by atoms with Crippen LogP contribution in [-0.4, -0.2) is 19.7 Å². The number of nitrogen functional groups attached to an aromatic ring is 1. The minimum Gasteiger partial charge on any atom is -0.396 e. The largest absolute Gasteiger partial charge is 0.417 e. The Hall–Kier alpha value is -1.51. The maximum atomic E-state index is 12.2. The van der Waals surface area contributed by atoms with E-state index in [9.17, 15) is 21.6 Å². The molecule has 0 aromatic carbocycles. The smallest absolute Gasteiger partial charge is 0.396 e. The summed E-state index contributed by atoms with van der Waals surface area (Å²) < 4.78 is 60.1. The van der Waals surface area contributed by atoms with Crippen LogP contribution in [0.1, 0.15) is 5.56 Å². The molecule has 9 heteroatoms. The molecular weight excluding hydrogens is 247 g/mol. The molecule has 0 aliphatic carbocycles. The van der Waals surface area contributed by atoms with Gasteiger partial charge in [0.05, 0.1) is 17.5 Å². The molecule has 90 valence electrons. The standard InChI is InChI=1S/C7H8F3N3O2S/c1-16(14,15)13-6-5(11)2-4(3-12-6)7(8,9)10/h2-3H,11H2,1H3,(H,12,13). The molecule has 1 heterocycles. The number of rotatable bonds is 2. The molecule has 1 aromatic rings. The SMILES string of the molecule is CS(=O)(=O)Nc1ncc(C(F)(F)F)cc1N. The summed E-state index contributed by atoms with van der Waals surface area (Å²) in [5.41, 5.74) is 3.81. The molecule has 0 unspecified atom stereocenters. The molecule has 0 spiro atoms. The van der Waals surface area contributed by atoms with Gasteiger partial charge in [0.25, 0.3) is 0 Å². The fraction of sp³-hybridized carbons (Fsp3) is 0.286. The van der Waals surface area contributed by atoms with Gasteiger partial charge in [-0.2, -0.15) is 13.2 Å². The molecule has 0 amide bonds. The average molecular weight is 255 g/mol. The number of halogens is 3. The number of alkyl halides is 3. The van der Waals surface area contributed by atoms with E-state index in [1.165, 1.54) is 0 Å². The topological polar surface area (TPSA) is 85.1 Å². The van der Waals surface area contributed by atoms with Crippen LogP contribution in [-0.2, 0) is 16.2 Å². The number of hydrogen-bond acceptors (Lipinski definition) is 4. The third-order valence-electron chi connectivity index (χ3n) is 1.53. The predicted molar refractivity (Wildman–Crippen MR) is 52.1 cm³/mol. The summed E-state index contributed by atoms with van der Waals surface area (Å²) in [6.45, 7) is 0. The molecule has 3 N–H and O–H groups in total. The Balaban J connectivity index is 3.11. The van der Waals surface area contributed by atoms with E-state index in [0.29, 0.717) is 12.3 Å². The number of nitrogens with one attached hydrogen (secondary N) is 1. The second-order valence-corrected chi connectivity index (χ2v) is 4.78. The summed E-state index contributed by atoms with van der Waals surface area (Å²) in [6.07, 6.45) is -3.22. The van der Waals surface area contributed by atoms with Gasteiger partial charge in [-0.3, -0.25) is 4.72 Å². The molecule has 0 aliphatic heterocycles. The van der Waals surface area contributed by atoms with E-state index >= 15 is 0 Å². The number of pyridine rings is 1. The molecule has 0 bridgehead atoms.